The molecule has 0 aliphatic carbocycles. The Hall–Kier alpha value is -1.61. The monoisotopic (exact) mass is 247 g/mol. The van der Waals surface area contributed by atoms with Crippen LogP contribution in [0.3, 0.4) is 0 Å². The van der Waals surface area contributed by atoms with E-state index in [4.69, 9.17) is 11.6 Å². The minimum Gasteiger partial charge on any atom is -0.328 e. The molecule has 2 aromatic rings. The van der Waals surface area contributed by atoms with E-state index >= 15 is 0 Å². The van der Waals surface area contributed by atoms with E-state index in [0.717, 1.165) is 17.2 Å². The predicted octanol–water partition coefficient (Wildman–Crippen LogP) is 3.29. The summed E-state index contributed by atoms with van der Waals surface area (Å²) in [4.78, 5) is 10.5. The van der Waals surface area contributed by atoms with Gasteiger partial charge in [-0.1, -0.05) is 17.7 Å². The standard InChI is InChI=1S/C13H14ClN3/c1-10-3-5-12(6-4-10)17(2)13-9-15-8-11(7-14)16-13/h3-6,8-9H,7H2,1-2H3. The highest BCUT2D eigenvalue weighted by Gasteiger charge is 2.06. The summed E-state index contributed by atoms with van der Waals surface area (Å²) in [6.07, 6.45) is 3.41. The van der Waals surface area contributed by atoms with Crippen LogP contribution in [-0.2, 0) is 5.88 Å². The van der Waals surface area contributed by atoms with E-state index in [0.29, 0.717) is 5.88 Å². The average Bonchev–Trinajstić information content (AvgIpc) is 2.39. The Balaban J connectivity index is 2.29. The topological polar surface area (TPSA) is 29.0 Å². The SMILES string of the molecule is Cc1ccc(N(C)c2cncc(CCl)n2)cc1. The van der Waals surface area contributed by atoms with E-state index in [9.17, 15) is 0 Å². The van der Waals surface area contributed by atoms with Gasteiger partial charge in [0.1, 0.15) is 0 Å². The molecule has 17 heavy (non-hydrogen) atoms. The molecule has 1 aromatic heterocycles. The number of aromatic nitrogens is 2. The summed E-state index contributed by atoms with van der Waals surface area (Å²) < 4.78 is 0. The fourth-order valence-electron chi connectivity index (χ4n) is 1.52. The number of halogens is 1. The lowest BCUT2D eigenvalue weighted by molar-refractivity contribution is 1.03. The van der Waals surface area contributed by atoms with Crippen LogP contribution in [0.2, 0.25) is 0 Å². The third-order valence-corrected chi connectivity index (χ3v) is 2.85. The van der Waals surface area contributed by atoms with Crippen molar-refractivity contribution >= 4 is 23.1 Å². The molecule has 0 fully saturated rings. The fraction of sp³-hybridized carbons (Fsp3) is 0.231. The molecule has 0 saturated heterocycles. The highest BCUT2D eigenvalue weighted by atomic mass is 35.5. The molecule has 88 valence electrons. The second kappa shape index (κ2) is 5.15. The van der Waals surface area contributed by atoms with E-state index in [1.807, 2.05) is 11.9 Å². The molecule has 0 saturated carbocycles. The Morgan fingerprint density at radius 2 is 1.88 bits per heavy atom. The van der Waals surface area contributed by atoms with Crippen molar-refractivity contribution < 1.29 is 0 Å². The smallest absolute Gasteiger partial charge is 0.151 e. The molecule has 2 rings (SSSR count). The maximum Gasteiger partial charge on any atom is 0.151 e. The molecule has 0 atom stereocenters. The summed E-state index contributed by atoms with van der Waals surface area (Å²) >= 11 is 5.75. The molecule has 4 heteroatoms. The second-order valence-electron chi connectivity index (χ2n) is 3.90. The zero-order chi connectivity index (χ0) is 12.3. The molecule has 0 spiro atoms. The third kappa shape index (κ3) is 2.74. The van der Waals surface area contributed by atoms with Gasteiger partial charge in [0.05, 0.1) is 17.8 Å². The summed E-state index contributed by atoms with van der Waals surface area (Å²) in [5, 5.41) is 0. The van der Waals surface area contributed by atoms with Gasteiger partial charge in [0, 0.05) is 18.9 Å². The minimum absolute atomic E-state index is 0.378. The predicted molar refractivity (Wildman–Crippen MR) is 70.8 cm³/mol. The molecule has 3 nitrogen and oxygen atoms in total. The number of alkyl halides is 1. The lowest BCUT2D eigenvalue weighted by atomic mass is 10.2. The zero-order valence-electron chi connectivity index (χ0n) is 9.89. The van der Waals surface area contributed by atoms with Gasteiger partial charge in [-0.2, -0.15) is 0 Å². The number of aryl methyl sites for hydroxylation is 1. The van der Waals surface area contributed by atoms with Crippen molar-refractivity contribution in [2.75, 3.05) is 11.9 Å². The van der Waals surface area contributed by atoms with Gasteiger partial charge < -0.3 is 4.90 Å². The third-order valence-electron chi connectivity index (χ3n) is 2.57. The van der Waals surface area contributed by atoms with Crippen LogP contribution in [0.1, 0.15) is 11.3 Å². The van der Waals surface area contributed by atoms with Gasteiger partial charge in [0.25, 0.3) is 0 Å². The van der Waals surface area contributed by atoms with Crippen LogP contribution in [0.5, 0.6) is 0 Å². The molecule has 1 heterocycles. The van der Waals surface area contributed by atoms with Crippen molar-refractivity contribution in [2.45, 2.75) is 12.8 Å². The number of anilines is 2. The number of rotatable bonds is 3. The molecule has 0 radical (unpaired) electrons. The van der Waals surface area contributed by atoms with Crippen molar-refractivity contribution in [1.29, 1.82) is 0 Å². The average molecular weight is 248 g/mol. The first-order valence-corrected chi connectivity index (χ1v) is 5.91. The normalized spacial score (nSPS) is 10.3. The van der Waals surface area contributed by atoms with Crippen molar-refractivity contribution in [3.63, 3.8) is 0 Å². The van der Waals surface area contributed by atoms with Crippen molar-refractivity contribution in [1.82, 2.24) is 9.97 Å². The van der Waals surface area contributed by atoms with Crippen LogP contribution in [0.25, 0.3) is 0 Å². The van der Waals surface area contributed by atoms with E-state index < -0.39 is 0 Å². The molecule has 0 amide bonds. The summed E-state index contributed by atoms with van der Waals surface area (Å²) in [7, 11) is 1.96. The van der Waals surface area contributed by atoms with E-state index in [-0.39, 0.29) is 0 Å². The Kier molecular flexibility index (Phi) is 3.59. The number of nitrogens with zero attached hydrogens (tertiary/aromatic N) is 3. The molecule has 0 unspecified atom stereocenters. The summed E-state index contributed by atoms with van der Waals surface area (Å²) in [5.74, 6) is 1.18. The van der Waals surface area contributed by atoms with E-state index in [2.05, 4.69) is 41.2 Å². The lowest BCUT2D eigenvalue weighted by Crippen LogP contribution is -2.12. The first-order valence-electron chi connectivity index (χ1n) is 5.38. The maximum absolute atomic E-state index is 5.75. The second-order valence-corrected chi connectivity index (χ2v) is 4.16. The number of benzene rings is 1. The summed E-state index contributed by atoms with van der Waals surface area (Å²) in [6.45, 7) is 2.07. The first kappa shape index (κ1) is 11.9. The van der Waals surface area contributed by atoms with Gasteiger partial charge in [0.2, 0.25) is 0 Å². The fourth-order valence-corrected chi connectivity index (χ4v) is 1.65. The van der Waals surface area contributed by atoms with Crippen molar-refractivity contribution in [3.8, 4) is 0 Å². The van der Waals surface area contributed by atoms with Crippen molar-refractivity contribution in [3.05, 3.63) is 47.9 Å². The van der Waals surface area contributed by atoms with E-state index in [1.54, 1.807) is 12.4 Å². The van der Waals surface area contributed by atoms with Crippen molar-refractivity contribution in [2.24, 2.45) is 0 Å². The zero-order valence-corrected chi connectivity index (χ0v) is 10.6. The molecular weight excluding hydrogens is 234 g/mol. The first-order chi connectivity index (χ1) is 8.20. The number of hydrogen-bond acceptors (Lipinski definition) is 3. The summed E-state index contributed by atoms with van der Waals surface area (Å²) in [5.41, 5.74) is 3.10. The molecule has 0 bridgehead atoms. The van der Waals surface area contributed by atoms with Gasteiger partial charge in [-0.25, -0.2) is 4.98 Å². The Morgan fingerprint density at radius 1 is 1.18 bits per heavy atom. The van der Waals surface area contributed by atoms with Crippen LogP contribution >= 0.6 is 11.6 Å². The minimum atomic E-state index is 0.378. The Labute approximate surface area is 106 Å². The number of hydrogen-bond donors (Lipinski definition) is 0. The van der Waals surface area contributed by atoms with E-state index in [1.165, 1.54) is 5.56 Å². The Bertz CT molecular complexity index is 496. The van der Waals surface area contributed by atoms with Gasteiger partial charge >= 0.3 is 0 Å². The maximum atomic E-state index is 5.75. The highest BCUT2D eigenvalue weighted by Crippen LogP contribution is 2.21. The largest absolute Gasteiger partial charge is 0.328 e. The van der Waals surface area contributed by atoms with Gasteiger partial charge in [0.15, 0.2) is 5.82 Å². The molecular formula is C13H14ClN3. The van der Waals surface area contributed by atoms with Gasteiger partial charge in [-0.3, -0.25) is 4.98 Å². The van der Waals surface area contributed by atoms with Crippen LogP contribution in [-0.4, -0.2) is 17.0 Å². The molecule has 0 aliphatic heterocycles. The molecule has 0 N–H and O–H groups in total. The van der Waals surface area contributed by atoms with Crippen LogP contribution < -0.4 is 4.90 Å². The van der Waals surface area contributed by atoms with Crippen LogP contribution in [0, 0.1) is 6.92 Å². The molecule has 0 aliphatic rings. The molecule has 1 aromatic carbocycles. The quantitative estimate of drug-likeness (QED) is 0.780. The lowest BCUT2D eigenvalue weighted by Gasteiger charge is -2.18. The van der Waals surface area contributed by atoms with Crippen LogP contribution in [0.4, 0.5) is 11.5 Å². The van der Waals surface area contributed by atoms with Gasteiger partial charge in [-0.15, -0.1) is 11.6 Å². The van der Waals surface area contributed by atoms with Crippen LogP contribution in [0.15, 0.2) is 36.7 Å². The van der Waals surface area contributed by atoms with Gasteiger partial charge in [-0.05, 0) is 19.1 Å². The highest BCUT2D eigenvalue weighted by molar-refractivity contribution is 6.16. The summed E-state index contributed by atoms with van der Waals surface area (Å²) in [6, 6.07) is 8.27. The Morgan fingerprint density at radius 3 is 2.53 bits per heavy atom.